The van der Waals surface area contributed by atoms with Gasteiger partial charge in [-0.25, -0.2) is 9.78 Å². The monoisotopic (exact) mass is 459 g/mol. The van der Waals surface area contributed by atoms with Crippen LogP contribution in [-0.2, 0) is 18.2 Å². The van der Waals surface area contributed by atoms with E-state index in [2.05, 4.69) is 29.0 Å². The Bertz CT molecular complexity index is 1430. The summed E-state index contributed by atoms with van der Waals surface area (Å²) in [7, 11) is 3.17. The van der Waals surface area contributed by atoms with Crippen molar-refractivity contribution in [1.82, 2.24) is 14.5 Å². The van der Waals surface area contributed by atoms with E-state index in [1.807, 2.05) is 51.4 Å². The van der Waals surface area contributed by atoms with Crippen molar-refractivity contribution in [1.29, 1.82) is 0 Å². The Kier molecular flexibility index (Phi) is 6.33. The van der Waals surface area contributed by atoms with Crippen LogP contribution in [0.4, 0.5) is 0 Å². The molecule has 0 aliphatic rings. The van der Waals surface area contributed by atoms with E-state index in [0.717, 1.165) is 49.5 Å². The minimum Gasteiger partial charge on any atom is -0.464 e. The highest BCUT2D eigenvalue weighted by molar-refractivity contribution is 7.99. The van der Waals surface area contributed by atoms with Crippen LogP contribution in [0, 0.1) is 13.8 Å². The summed E-state index contributed by atoms with van der Waals surface area (Å²) in [5.41, 5.74) is 5.52. The molecule has 4 aromatic rings. The summed E-state index contributed by atoms with van der Waals surface area (Å²) < 4.78 is 6.49. The molecule has 0 fully saturated rings. The molecule has 7 heteroatoms. The summed E-state index contributed by atoms with van der Waals surface area (Å²) in [6.45, 7) is 5.79. The predicted octanol–water partition coefficient (Wildman–Crippen LogP) is 5.11. The number of nitrogens with zero attached hydrogens (tertiary/aromatic N) is 3. The SMILES string of the molecule is CCc1cc(Sc2ccc(-c3cnc(C(=O)OC)c(C)c3)nc2)c2cc(C)c(=O)n(C)c2c1. The van der Waals surface area contributed by atoms with E-state index in [9.17, 15) is 9.59 Å². The molecule has 0 radical (unpaired) electrons. The van der Waals surface area contributed by atoms with Crippen LogP contribution in [0.2, 0.25) is 0 Å². The molecule has 6 nitrogen and oxygen atoms in total. The van der Waals surface area contributed by atoms with Crippen LogP contribution in [-0.4, -0.2) is 27.6 Å². The molecule has 0 bridgehead atoms. The maximum Gasteiger partial charge on any atom is 0.356 e. The zero-order valence-corrected chi connectivity index (χ0v) is 20.1. The molecule has 168 valence electrons. The van der Waals surface area contributed by atoms with E-state index in [1.54, 1.807) is 22.5 Å². The Morgan fingerprint density at radius 3 is 2.48 bits per heavy atom. The van der Waals surface area contributed by atoms with Gasteiger partial charge in [0.2, 0.25) is 0 Å². The van der Waals surface area contributed by atoms with Gasteiger partial charge in [0, 0.05) is 45.7 Å². The van der Waals surface area contributed by atoms with Crippen molar-refractivity contribution >= 4 is 28.6 Å². The zero-order chi connectivity index (χ0) is 23.7. The Morgan fingerprint density at radius 1 is 1.06 bits per heavy atom. The quantitative estimate of drug-likeness (QED) is 0.386. The van der Waals surface area contributed by atoms with Crippen LogP contribution in [0.25, 0.3) is 22.2 Å². The van der Waals surface area contributed by atoms with Crippen molar-refractivity contribution in [2.75, 3.05) is 7.11 Å². The van der Waals surface area contributed by atoms with Crippen molar-refractivity contribution in [3.8, 4) is 11.3 Å². The molecule has 0 atom stereocenters. The fraction of sp³-hybridized carbons (Fsp3) is 0.231. The third-order valence-corrected chi connectivity index (χ3v) is 6.70. The highest BCUT2D eigenvalue weighted by Gasteiger charge is 2.14. The second-order valence-corrected chi connectivity index (χ2v) is 9.05. The number of hydrogen-bond donors (Lipinski definition) is 0. The van der Waals surface area contributed by atoms with Crippen molar-refractivity contribution < 1.29 is 9.53 Å². The Labute approximate surface area is 196 Å². The van der Waals surface area contributed by atoms with Crippen LogP contribution in [0.1, 0.15) is 34.1 Å². The average molecular weight is 460 g/mol. The molecule has 0 aliphatic carbocycles. The Hall–Kier alpha value is -3.45. The predicted molar refractivity (Wildman–Crippen MR) is 131 cm³/mol. The van der Waals surface area contributed by atoms with E-state index >= 15 is 0 Å². The first kappa shape index (κ1) is 22.7. The first-order chi connectivity index (χ1) is 15.8. The van der Waals surface area contributed by atoms with Crippen LogP contribution in [0.15, 0.2) is 63.4 Å². The lowest BCUT2D eigenvalue weighted by molar-refractivity contribution is 0.0593. The van der Waals surface area contributed by atoms with Gasteiger partial charge in [-0.2, -0.15) is 0 Å². The molecular formula is C26H25N3O3S. The second-order valence-electron chi connectivity index (χ2n) is 7.93. The van der Waals surface area contributed by atoms with Crippen molar-refractivity contribution in [2.24, 2.45) is 7.05 Å². The third kappa shape index (κ3) is 4.41. The minimum atomic E-state index is -0.451. The smallest absolute Gasteiger partial charge is 0.356 e. The summed E-state index contributed by atoms with van der Waals surface area (Å²) >= 11 is 1.63. The number of rotatable bonds is 5. The molecule has 0 aliphatic heterocycles. The van der Waals surface area contributed by atoms with Gasteiger partial charge in [-0.1, -0.05) is 18.7 Å². The van der Waals surface area contributed by atoms with Crippen molar-refractivity contribution in [2.45, 2.75) is 37.0 Å². The number of esters is 1. The van der Waals surface area contributed by atoms with Crippen LogP contribution in [0.3, 0.4) is 0 Å². The van der Waals surface area contributed by atoms with Gasteiger partial charge < -0.3 is 9.30 Å². The average Bonchev–Trinajstić information content (AvgIpc) is 2.83. The molecule has 3 aromatic heterocycles. The van der Waals surface area contributed by atoms with Crippen LogP contribution < -0.4 is 5.56 Å². The van der Waals surface area contributed by atoms with Crippen molar-refractivity contribution in [3.63, 3.8) is 0 Å². The molecule has 33 heavy (non-hydrogen) atoms. The summed E-state index contributed by atoms with van der Waals surface area (Å²) in [5.74, 6) is -0.451. The molecule has 0 unspecified atom stereocenters. The summed E-state index contributed by atoms with van der Waals surface area (Å²) in [4.78, 5) is 35.2. The number of pyridine rings is 3. The first-order valence-electron chi connectivity index (χ1n) is 10.6. The lowest BCUT2D eigenvalue weighted by Crippen LogP contribution is -2.19. The highest BCUT2D eigenvalue weighted by Crippen LogP contribution is 2.35. The normalized spacial score (nSPS) is 11.1. The number of fused-ring (bicyclic) bond motifs is 1. The van der Waals surface area contributed by atoms with Gasteiger partial charge in [-0.05, 0) is 67.8 Å². The number of carbonyl (C=O) groups excluding carboxylic acids is 1. The summed E-state index contributed by atoms with van der Waals surface area (Å²) in [6.07, 6.45) is 4.36. The maximum atomic E-state index is 12.4. The molecule has 0 N–H and O–H groups in total. The van der Waals surface area contributed by atoms with Gasteiger partial charge >= 0.3 is 5.97 Å². The minimum absolute atomic E-state index is 0.0276. The largest absolute Gasteiger partial charge is 0.464 e. The second kappa shape index (κ2) is 9.19. The van der Waals surface area contributed by atoms with E-state index in [1.165, 1.54) is 12.7 Å². The highest BCUT2D eigenvalue weighted by atomic mass is 32.2. The number of hydrogen-bond acceptors (Lipinski definition) is 6. The molecule has 0 saturated carbocycles. The maximum absolute atomic E-state index is 12.4. The lowest BCUT2D eigenvalue weighted by Gasteiger charge is -2.13. The van der Waals surface area contributed by atoms with E-state index < -0.39 is 5.97 Å². The number of benzene rings is 1. The van der Waals surface area contributed by atoms with Crippen molar-refractivity contribution in [3.05, 3.63) is 81.5 Å². The molecular weight excluding hydrogens is 434 g/mol. The summed E-state index contributed by atoms with van der Waals surface area (Å²) in [5, 5.41) is 1.05. The molecule has 3 heterocycles. The molecule has 1 aromatic carbocycles. The zero-order valence-electron chi connectivity index (χ0n) is 19.3. The van der Waals surface area contributed by atoms with Gasteiger partial charge in [0.25, 0.3) is 5.56 Å². The standard InChI is InChI=1S/C26H25N3O3S/c1-6-17-11-22-20(10-16(3)25(30)29(22)4)23(12-17)33-19-7-8-21(27-14-19)18-9-15(2)24(28-13-18)26(31)32-5/h7-14H,6H2,1-5H3. The van der Waals surface area contributed by atoms with E-state index in [0.29, 0.717) is 5.69 Å². The van der Waals surface area contributed by atoms with Gasteiger partial charge in [-0.3, -0.25) is 9.78 Å². The number of aryl methyl sites for hydroxylation is 4. The van der Waals surface area contributed by atoms with Crippen LogP contribution in [0.5, 0.6) is 0 Å². The van der Waals surface area contributed by atoms with Crippen LogP contribution >= 0.6 is 11.8 Å². The topological polar surface area (TPSA) is 74.1 Å². The van der Waals surface area contributed by atoms with E-state index in [-0.39, 0.29) is 5.56 Å². The molecule has 4 rings (SSSR count). The van der Waals surface area contributed by atoms with Gasteiger partial charge in [-0.15, -0.1) is 0 Å². The van der Waals surface area contributed by atoms with Gasteiger partial charge in [0.15, 0.2) is 5.69 Å². The fourth-order valence-electron chi connectivity index (χ4n) is 3.79. The number of methoxy groups -OCH3 is 1. The number of ether oxygens (including phenoxy) is 1. The lowest BCUT2D eigenvalue weighted by atomic mass is 10.1. The fourth-order valence-corrected chi connectivity index (χ4v) is 4.77. The molecule has 0 spiro atoms. The van der Waals surface area contributed by atoms with Gasteiger partial charge in [0.1, 0.15) is 0 Å². The third-order valence-electron chi connectivity index (χ3n) is 5.67. The molecule has 0 saturated heterocycles. The Morgan fingerprint density at radius 2 is 1.85 bits per heavy atom. The Balaban J connectivity index is 1.68. The van der Waals surface area contributed by atoms with E-state index in [4.69, 9.17) is 4.74 Å². The first-order valence-corrected chi connectivity index (χ1v) is 11.5. The van der Waals surface area contributed by atoms with Gasteiger partial charge in [0.05, 0.1) is 18.3 Å². The summed E-state index contributed by atoms with van der Waals surface area (Å²) in [6, 6.07) is 12.1. The molecule has 0 amide bonds. The number of carbonyl (C=O) groups is 1. The number of aromatic nitrogens is 3.